The van der Waals surface area contributed by atoms with Crippen LogP contribution >= 0.6 is 39.3 Å². The Kier molecular flexibility index (Phi) is 12.0. The van der Waals surface area contributed by atoms with Gasteiger partial charge in [-0.3, -0.25) is 14.4 Å². The number of rotatable bonds is 16. The minimum Gasteiger partial charge on any atom is -0.494 e. The fourth-order valence-corrected chi connectivity index (χ4v) is 11.7. The molecule has 2 aromatic carbocycles. The van der Waals surface area contributed by atoms with Crippen LogP contribution in [0.1, 0.15) is 44.6 Å². The first-order chi connectivity index (χ1) is 23.1. The highest BCUT2D eigenvalue weighted by molar-refractivity contribution is 9.09. The topological polar surface area (TPSA) is 90.4 Å². The lowest BCUT2D eigenvalue weighted by Gasteiger charge is -2.39. The van der Waals surface area contributed by atoms with Gasteiger partial charge < -0.3 is 24.5 Å². The number of alkyl halides is 1. The van der Waals surface area contributed by atoms with Crippen molar-refractivity contribution >= 4 is 68.4 Å². The number of fused-ring (bicyclic) bond motifs is 1. The fourth-order valence-electron chi connectivity index (χ4n) is 7.73. The summed E-state index contributed by atoms with van der Waals surface area (Å²) in [5.74, 6) is -1.12. The summed E-state index contributed by atoms with van der Waals surface area (Å²) >= 11 is 12.2. The Bertz CT molecular complexity index is 1500. The number of amides is 3. The Morgan fingerprint density at radius 2 is 1.77 bits per heavy atom. The monoisotopic (exact) mass is 757 g/mol. The molecule has 258 valence electrons. The van der Waals surface area contributed by atoms with E-state index in [2.05, 4.69) is 29.1 Å². The summed E-state index contributed by atoms with van der Waals surface area (Å²) < 4.78 is 4.81. The zero-order valence-corrected chi connectivity index (χ0v) is 30.8. The largest absolute Gasteiger partial charge is 0.494 e. The lowest BCUT2D eigenvalue weighted by atomic mass is 9.70. The minimum atomic E-state index is -0.814. The normalized spacial score (nSPS) is 25.6. The Morgan fingerprint density at radius 3 is 2.42 bits per heavy atom. The average Bonchev–Trinajstić information content (AvgIpc) is 3.66. The van der Waals surface area contributed by atoms with E-state index < -0.39 is 22.6 Å². The van der Waals surface area contributed by atoms with E-state index in [1.54, 1.807) is 44.7 Å². The van der Waals surface area contributed by atoms with Gasteiger partial charge in [0.25, 0.3) is 5.91 Å². The van der Waals surface area contributed by atoms with Crippen LogP contribution < -0.4 is 14.5 Å². The maximum Gasteiger partial charge on any atom is 0.251 e. The first kappa shape index (κ1) is 36.5. The molecule has 8 nitrogen and oxygen atoms in total. The molecule has 48 heavy (non-hydrogen) atoms. The molecule has 3 aliphatic heterocycles. The molecule has 2 bridgehead atoms. The Hall–Kier alpha value is -2.79. The third-order valence-corrected chi connectivity index (χ3v) is 13.2. The number of unbranched alkanes of at least 4 members (excludes halogenated alkanes) is 3. The van der Waals surface area contributed by atoms with Gasteiger partial charge in [0.1, 0.15) is 11.8 Å². The fraction of sp³-hybridized carbons (Fsp3) is 0.486. The van der Waals surface area contributed by atoms with E-state index in [-0.39, 0.29) is 47.5 Å². The summed E-state index contributed by atoms with van der Waals surface area (Å²) in [6.45, 7) is 13.2. The second kappa shape index (κ2) is 15.8. The summed E-state index contributed by atoms with van der Waals surface area (Å²) in [4.78, 5) is 49.5. The standard InChI is InChI=1S/C37H45BrClN3O5S/c1-5-19-40(25-15-17-26(18-16-25)47-7-3)34(44)29-30-35(45)42(21-10-8-9-11-22-43)33(37(30)23-27(38)32(29)48-37)36(46)41(20-6-2)31-24(4)13-12-14-28(31)39/h5-6,12-18,27,29-30,32-33,43H,1-2,7-11,19-23H2,3-4H3/t27?,29-,30-,32-,33?,37?/m0/s1. The smallest absolute Gasteiger partial charge is 0.251 e. The predicted octanol–water partition coefficient (Wildman–Crippen LogP) is 6.80. The van der Waals surface area contributed by atoms with Crippen molar-refractivity contribution in [3.8, 4) is 5.75 Å². The van der Waals surface area contributed by atoms with Crippen molar-refractivity contribution in [3.63, 3.8) is 0 Å². The van der Waals surface area contributed by atoms with E-state index in [4.69, 9.17) is 16.3 Å². The number of ether oxygens (including phenoxy) is 1. The summed E-state index contributed by atoms with van der Waals surface area (Å²) in [6, 6.07) is 12.1. The molecule has 2 aromatic rings. The van der Waals surface area contributed by atoms with E-state index in [0.717, 1.165) is 18.4 Å². The highest BCUT2D eigenvalue weighted by Crippen LogP contribution is 2.68. The van der Waals surface area contributed by atoms with Crippen LogP contribution in [0.3, 0.4) is 0 Å². The summed E-state index contributed by atoms with van der Waals surface area (Å²) in [6.07, 6.45) is 6.95. The lowest BCUT2D eigenvalue weighted by molar-refractivity contribution is -0.139. The maximum atomic E-state index is 15.0. The van der Waals surface area contributed by atoms with Gasteiger partial charge in [-0.2, -0.15) is 0 Å². The Labute approximate surface area is 301 Å². The molecule has 0 aromatic heterocycles. The number of aliphatic hydroxyl groups excluding tert-OH is 1. The number of hydrogen-bond donors (Lipinski definition) is 1. The quantitative estimate of drug-likeness (QED) is 0.115. The van der Waals surface area contributed by atoms with Gasteiger partial charge in [-0.1, -0.05) is 64.7 Å². The molecular weight excluding hydrogens is 714 g/mol. The van der Waals surface area contributed by atoms with Gasteiger partial charge in [0, 0.05) is 42.0 Å². The van der Waals surface area contributed by atoms with Crippen LogP contribution in [0.2, 0.25) is 5.02 Å². The second-order valence-corrected chi connectivity index (χ2v) is 15.8. The number of benzene rings is 2. The van der Waals surface area contributed by atoms with E-state index >= 15 is 4.79 Å². The van der Waals surface area contributed by atoms with Crippen molar-refractivity contribution < 1.29 is 24.2 Å². The molecule has 3 saturated heterocycles. The van der Waals surface area contributed by atoms with E-state index in [1.807, 2.05) is 50.2 Å². The van der Waals surface area contributed by atoms with Gasteiger partial charge in [0.15, 0.2) is 0 Å². The van der Waals surface area contributed by atoms with Crippen molar-refractivity contribution in [2.45, 2.75) is 66.8 Å². The zero-order chi connectivity index (χ0) is 34.6. The summed E-state index contributed by atoms with van der Waals surface area (Å²) in [5, 5.41) is 9.55. The van der Waals surface area contributed by atoms with Crippen molar-refractivity contribution in [2.75, 3.05) is 42.6 Å². The molecule has 0 aliphatic carbocycles. The van der Waals surface area contributed by atoms with Gasteiger partial charge >= 0.3 is 0 Å². The van der Waals surface area contributed by atoms with Crippen LogP contribution in [0.25, 0.3) is 0 Å². The van der Waals surface area contributed by atoms with E-state index in [1.165, 1.54) is 0 Å². The highest BCUT2D eigenvalue weighted by Gasteiger charge is 2.76. The molecule has 11 heteroatoms. The number of anilines is 2. The summed E-state index contributed by atoms with van der Waals surface area (Å²) in [7, 11) is 0. The number of carbonyl (C=O) groups excluding carboxylic acids is 3. The molecule has 3 unspecified atom stereocenters. The number of para-hydroxylation sites is 1. The van der Waals surface area contributed by atoms with Gasteiger partial charge in [-0.25, -0.2) is 0 Å². The Balaban J connectivity index is 1.56. The molecule has 3 heterocycles. The average molecular weight is 759 g/mol. The van der Waals surface area contributed by atoms with E-state index in [9.17, 15) is 14.7 Å². The molecule has 5 rings (SSSR count). The second-order valence-electron chi connectivity index (χ2n) is 12.6. The first-order valence-corrected chi connectivity index (χ1v) is 18.9. The number of likely N-dealkylation sites (tertiary alicyclic amines) is 1. The van der Waals surface area contributed by atoms with Crippen LogP contribution in [0.4, 0.5) is 11.4 Å². The van der Waals surface area contributed by atoms with Crippen molar-refractivity contribution in [1.29, 1.82) is 0 Å². The Morgan fingerprint density at radius 1 is 1.08 bits per heavy atom. The molecule has 0 saturated carbocycles. The zero-order valence-electron chi connectivity index (χ0n) is 27.7. The number of halogens is 2. The molecular formula is C37H45BrClN3O5S. The van der Waals surface area contributed by atoms with Crippen LogP contribution in [0, 0.1) is 18.8 Å². The van der Waals surface area contributed by atoms with Gasteiger partial charge in [0.05, 0.1) is 33.9 Å². The van der Waals surface area contributed by atoms with Gasteiger partial charge in [-0.05, 0) is 69.0 Å². The number of hydrogen-bond acceptors (Lipinski definition) is 6. The van der Waals surface area contributed by atoms with Gasteiger partial charge in [0.2, 0.25) is 11.8 Å². The molecule has 6 atom stereocenters. The maximum absolute atomic E-state index is 15.0. The number of thioether (sulfide) groups is 1. The number of carbonyl (C=O) groups is 3. The molecule has 1 spiro atoms. The third-order valence-electron chi connectivity index (χ3n) is 9.69. The van der Waals surface area contributed by atoms with Gasteiger partial charge in [-0.15, -0.1) is 24.9 Å². The van der Waals surface area contributed by atoms with Crippen LogP contribution in [-0.2, 0) is 14.4 Å². The molecule has 3 aliphatic rings. The van der Waals surface area contributed by atoms with Crippen LogP contribution in [0.5, 0.6) is 5.75 Å². The van der Waals surface area contributed by atoms with Crippen molar-refractivity contribution in [1.82, 2.24) is 4.90 Å². The number of aryl methyl sites for hydroxylation is 1. The van der Waals surface area contributed by atoms with Crippen LogP contribution in [0.15, 0.2) is 67.8 Å². The first-order valence-electron chi connectivity index (χ1n) is 16.7. The van der Waals surface area contributed by atoms with Crippen LogP contribution in [-0.4, -0.2) is 81.4 Å². The SMILES string of the molecule is C=CCN(C(=O)[C@H]1[C@H]2C(=O)N(CCCCCCO)C(C(=O)N(CC=C)c3c(C)cccc3Cl)C23CC(Br)[C@@H]1S3)c1ccc(OCC)cc1. The molecule has 1 N–H and O–H groups in total. The van der Waals surface area contributed by atoms with E-state index in [0.29, 0.717) is 54.6 Å². The lowest BCUT2D eigenvalue weighted by Crippen LogP contribution is -2.56. The van der Waals surface area contributed by atoms with Crippen molar-refractivity contribution in [2.24, 2.45) is 11.8 Å². The third kappa shape index (κ3) is 6.70. The van der Waals surface area contributed by atoms with Crippen molar-refractivity contribution in [3.05, 3.63) is 78.4 Å². The highest BCUT2D eigenvalue weighted by atomic mass is 79.9. The summed E-state index contributed by atoms with van der Waals surface area (Å²) in [5.41, 5.74) is 2.14. The predicted molar refractivity (Wildman–Crippen MR) is 198 cm³/mol. The molecule has 3 fully saturated rings. The number of nitrogens with zero attached hydrogens (tertiary/aromatic N) is 3. The molecule has 3 amide bonds. The molecule has 0 radical (unpaired) electrons. The minimum absolute atomic E-state index is 0.0684. The number of aliphatic hydroxyl groups is 1.